The Bertz CT molecular complexity index is 1070. The van der Waals surface area contributed by atoms with E-state index in [1.807, 2.05) is 6.92 Å². The molecular weight excluding hydrogens is 460 g/mol. The number of anilines is 1. The minimum atomic E-state index is -0.931. The second kappa shape index (κ2) is 13.9. The van der Waals surface area contributed by atoms with Gasteiger partial charge in [0.15, 0.2) is 0 Å². The standard InChI is InChI=1S/C26H29F2NO6/c1-4-33-25(31)15-18(3)13-17(2)14-24(19-5-8-21(9-6-19)34-12-11-30)35-26(32)29-23-10-7-20(27)16-22(23)28/h5-10,13,15-16,24,30H,4,11-12,14H2,1-3H3,(H,29,32)/b17-13+,18-15+/t24-/m1/s1. The molecule has 2 aromatic carbocycles. The molecule has 1 atom stereocenters. The van der Waals surface area contributed by atoms with Crippen molar-refractivity contribution in [3.05, 3.63) is 83.0 Å². The van der Waals surface area contributed by atoms with E-state index in [9.17, 15) is 18.4 Å². The van der Waals surface area contributed by atoms with E-state index in [0.717, 1.165) is 17.7 Å². The Morgan fingerprint density at radius 2 is 1.80 bits per heavy atom. The Hall–Kier alpha value is -3.72. The molecule has 0 unspecified atom stereocenters. The number of halogens is 2. The molecule has 188 valence electrons. The van der Waals surface area contributed by atoms with Crippen molar-refractivity contribution in [1.82, 2.24) is 0 Å². The maximum atomic E-state index is 13.9. The lowest BCUT2D eigenvalue weighted by molar-refractivity contribution is -0.137. The lowest BCUT2D eigenvalue weighted by atomic mass is 10.0. The summed E-state index contributed by atoms with van der Waals surface area (Å²) in [6.07, 6.45) is 1.71. The first kappa shape index (κ1) is 27.5. The summed E-state index contributed by atoms with van der Waals surface area (Å²) in [7, 11) is 0. The molecule has 0 aliphatic rings. The van der Waals surface area contributed by atoms with Crippen LogP contribution in [-0.2, 0) is 14.3 Å². The zero-order valence-electron chi connectivity index (χ0n) is 19.8. The highest BCUT2D eigenvalue weighted by atomic mass is 19.1. The summed E-state index contributed by atoms with van der Waals surface area (Å²) in [6, 6.07) is 9.53. The molecule has 0 heterocycles. The molecule has 0 aliphatic heterocycles. The number of carbonyl (C=O) groups excluding carboxylic acids is 2. The van der Waals surface area contributed by atoms with Crippen molar-refractivity contribution in [3.63, 3.8) is 0 Å². The fourth-order valence-corrected chi connectivity index (χ4v) is 3.18. The summed E-state index contributed by atoms with van der Waals surface area (Å²) < 4.78 is 42.9. The fraction of sp³-hybridized carbons (Fsp3) is 0.308. The van der Waals surface area contributed by atoms with E-state index in [1.54, 1.807) is 44.2 Å². The van der Waals surface area contributed by atoms with Crippen molar-refractivity contribution in [2.45, 2.75) is 33.3 Å². The van der Waals surface area contributed by atoms with Gasteiger partial charge in [0.25, 0.3) is 0 Å². The normalized spacial score (nSPS) is 12.6. The number of allylic oxidation sites excluding steroid dienone is 2. The third kappa shape index (κ3) is 9.58. The summed E-state index contributed by atoms with van der Waals surface area (Å²) >= 11 is 0. The number of nitrogens with one attached hydrogen (secondary N) is 1. The zero-order valence-corrected chi connectivity index (χ0v) is 19.8. The van der Waals surface area contributed by atoms with Crippen LogP contribution < -0.4 is 10.1 Å². The monoisotopic (exact) mass is 489 g/mol. The van der Waals surface area contributed by atoms with Gasteiger partial charge in [-0.05, 0) is 56.2 Å². The Morgan fingerprint density at radius 1 is 1.09 bits per heavy atom. The van der Waals surface area contributed by atoms with Crippen LogP contribution in [0, 0.1) is 11.6 Å². The number of esters is 1. The van der Waals surface area contributed by atoms with Gasteiger partial charge < -0.3 is 19.3 Å². The highest BCUT2D eigenvalue weighted by Crippen LogP contribution is 2.28. The number of hydrogen-bond acceptors (Lipinski definition) is 6. The first-order chi connectivity index (χ1) is 16.7. The number of ether oxygens (including phenoxy) is 3. The molecule has 1 amide bonds. The van der Waals surface area contributed by atoms with Crippen LogP contribution in [0.15, 0.2) is 65.8 Å². The number of aliphatic hydroxyl groups excluding tert-OH is 1. The van der Waals surface area contributed by atoms with Crippen LogP contribution in [0.5, 0.6) is 5.75 Å². The van der Waals surface area contributed by atoms with Crippen LogP contribution >= 0.6 is 0 Å². The quantitative estimate of drug-likeness (QED) is 0.247. The van der Waals surface area contributed by atoms with E-state index >= 15 is 0 Å². The van der Waals surface area contributed by atoms with Crippen molar-refractivity contribution in [3.8, 4) is 5.75 Å². The van der Waals surface area contributed by atoms with Crippen molar-refractivity contribution in [2.75, 3.05) is 25.1 Å². The fourth-order valence-electron chi connectivity index (χ4n) is 3.18. The topological polar surface area (TPSA) is 94.1 Å². The first-order valence-corrected chi connectivity index (χ1v) is 11.0. The van der Waals surface area contributed by atoms with E-state index in [1.165, 1.54) is 6.08 Å². The average molecular weight is 490 g/mol. The number of benzene rings is 2. The molecule has 0 aliphatic carbocycles. The van der Waals surface area contributed by atoms with Gasteiger partial charge in [-0.1, -0.05) is 23.8 Å². The molecule has 0 bridgehead atoms. The lowest BCUT2D eigenvalue weighted by Gasteiger charge is -2.20. The highest BCUT2D eigenvalue weighted by molar-refractivity contribution is 5.85. The van der Waals surface area contributed by atoms with Crippen LogP contribution in [0.3, 0.4) is 0 Å². The maximum absolute atomic E-state index is 13.9. The molecular formula is C26H29F2NO6. The molecule has 35 heavy (non-hydrogen) atoms. The molecule has 2 rings (SSSR count). The predicted octanol–water partition coefficient (Wildman–Crippen LogP) is 5.47. The molecule has 7 nitrogen and oxygen atoms in total. The SMILES string of the molecule is CCOC(=O)/C=C(C)/C=C(\C)C[C@@H](OC(=O)Nc1ccc(F)cc1F)c1ccc(OCCO)cc1. The molecule has 0 radical (unpaired) electrons. The first-order valence-electron chi connectivity index (χ1n) is 11.0. The van der Waals surface area contributed by atoms with Crippen LogP contribution in [0.2, 0.25) is 0 Å². The van der Waals surface area contributed by atoms with Gasteiger partial charge in [0.2, 0.25) is 0 Å². The largest absolute Gasteiger partial charge is 0.491 e. The summed E-state index contributed by atoms with van der Waals surface area (Å²) in [5.74, 6) is -1.63. The van der Waals surface area contributed by atoms with Gasteiger partial charge in [-0.25, -0.2) is 18.4 Å². The van der Waals surface area contributed by atoms with E-state index in [4.69, 9.17) is 19.3 Å². The van der Waals surface area contributed by atoms with E-state index in [2.05, 4.69) is 5.32 Å². The van der Waals surface area contributed by atoms with Crippen molar-refractivity contribution < 1.29 is 37.7 Å². The highest BCUT2D eigenvalue weighted by Gasteiger charge is 2.19. The number of carbonyl (C=O) groups is 2. The second-order valence-electron chi connectivity index (χ2n) is 7.62. The number of rotatable bonds is 11. The maximum Gasteiger partial charge on any atom is 0.412 e. The zero-order chi connectivity index (χ0) is 25.8. The minimum Gasteiger partial charge on any atom is -0.491 e. The second-order valence-corrected chi connectivity index (χ2v) is 7.62. The van der Waals surface area contributed by atoms with Gasteiger partial charge in [0, 0.05) is 18.6 Å². The lowest BCUT2D eigenvalue weighted by Crippen LogP contribution is -2.18. The Kier molecular flexibility index (Phi) is 10.9. The third-order valence-corrected chi connectivity index (χ3v) is 4.64. The molecule has 0 saturated heterocycles. The van der Waals surface area contributed by atoms with Crippen molar-refractivity contribution >= 4 is 17.7 Å². The van der Waals surface area contributed by atoms with Crippen LogP contribution in [0.4, 0.5) is 19.3 Å². The third-order valence-electron chi connectivity index (χ3n) is 4.64. The van der Waals surface area contributed by atoms with Crippen molar-refractivity contribution in [1.29, 1.82) is 0 Å². The molecule has 9 heteroatoms. The number of hydrogen-bond donors (Lipinski definition) is 2. The van der Waals surface area contributed by atoms with Crippen LogP contribution in [0.25, 0.3) is 0 Å². The van der Waals surface area contributed by atoms with E-state index < -0.39 is 29.8 Å². The Balaban J connectivity index is 2.22. The molecule has 2 aromatic rings. The Morgan fingerprint density at radius 3 is 2.43 bits per heavy atom. The van der Waals surface area contributed by atoms with Crippen LogP contribution in [0.1, 0.15) is 38.9 Å². The molecule has 2 N–H and O–H groups in total. The molecule has 0 spiro atoms. The summed E-state index contributed by atoms with van der Waals surface area (Å²) in [5.41, 5.74) is 1.87. The summed E-state index contributed by atoms with van der Waals surface area (Å²) in [5, 5.41) is 11.2. The Labute approximate surface area is 203 Å². The summed E-state index contributed by atoms with van der Waals surface area (Å²) in [4.78, 5) is 24.2. The molecule has 0 fully saturated rings. The smallest absolute Gasteiger partial charge is 0.412 e. The van der Waals surface area contributed by atoms with Gasteiger partial charge in [-0.2, -0.15) is 0 Å². The van der Waals surface area contributed by atoms with Crippen LogP contribution in [-0.4, -0.2) is 37.0 Å². The van der Waals surface area contributed by atoms with Crippen molar-refractivity contribution in [2.24, 2.45) is 0 Å². The number of aliphatic hydroxyl groups is 1. The number of amides is 1. The average Bonchev–Trinajstić information content (AvgIpc) is 2.79. The van der Waals surface area contributed by atoms with Gasteiger partial charge >= 0.3 is 12.1 Å². The molecule has 0 saturated carbocycles. The van der Waals surface area contributed by atoms with E-state index in [0.29, 0.717) is 23.0 Å². The van der Waals surface area contributed by atoms with Gasteiger partial charge in [-0.15, -0.1) is 0 Å². The van der Waals surface area contributed by atoms with Gasteiger partial charge in [0.1, 0.15) is 30.1 Å². The minimum absolute atomic E-state index is 0.129. The molecule has 0 aromatic heterocycles. The van der Waals surface area contributed by atoms with Gasteiger partial charge in [0.05, 0.1) is 18.9 Å². The summed E-state index contributed by atoms with van der Waals surface area (Å²) in [6.45, 7) is 5.55. The predicted molar refractivity (Wildman–Crippen MR) is 127 cm³/mol. The van der Waals surface area contributed by atoms with E-state index in [-0.39, 0.29) is 31.9 Å². The van der Waals surface area contributed by atoms with Gasteiger partial charge in [-0.3, -0.25) is 5.32 Å².